The Morgan fingerprint density at radius 3 is 2.16 bits per heavy atom. The van der Waals surface area contributed by atoms with Gasteiger partial charge in [0.15, 0.2) is 0 Å². The van der Waals surface area contributed by atoms with Gasteiger partial charge < -0.3 is 4.74 Å². The molecule has 0 amide bonds. The molecule has 1 aliphatic carbocycles. The van der Waals surface area contributed by atoms with Gasteiger partial charge in [-0.05, 0) is 54.3 Å². The van der Waals surface area contributed by atoms with Gasteiger partial charge in [0.05, 0.1) is 16.0 Å². The smallest absolute Gasteiger partial charge is 0.416 e. The lowest BCUT2D eigenvalue weighted by Gasteiger charge is -2.17. The summed E-state index contributed by atoms with van der Waals surface area (Å²) in [7, 11) is -4.73. The lowest BCUT2D eigenvalue weighted by molar-refractivity contribution is -0.143. The van der Waals surface area contributed by atoms with Crippen molar-refractivity contribution in [3.05, 3.63) is 71.3 Å². The van der Waals surface area contributed by atoms with E-state index in [1.807, 2.05) is 0 Å². The van der Waals surface area contributed by atoms with Gasteiger partial charge in [-0.15, -0.1) is 0 Å². The van der Waals surface area contributed by atoms with Gasteiger partial charge in [0.1, 0.15) is 5.75 Å². The van der Waals surface area contributed by atoms with Crippen molar-refractivity contribution >= 4 is 16.0 Å². The molecule has 3 rings (SSSR count). The second-order valence-corrected chi connectivity index (χ2v) is 8.65. The standard InChI is InChI=1S/C20H15F6NO4S/c1-2-18(28)31-14-4-5-16-11(7-14)3-6-17(16)27-32(29,30)15-9-12(19(21,22)23)8-13(10-15)20(24,25)26/h2,4-5,7-10,17,27H,1,3,6H2. The van der Waals surface area contributed by atoms with Gasteiger partial charge in [0.25, 0.3) is 0 Å². The number of hydrogen-bond donors (Lipinski definition) is 1. The summed E-state index contributed by atoms with van der Waals surface area (Å²) in [5.74, 6) is -0.518. The van der Waals surface area contributed by atoms with Crippen LogP contribution in [-0.2, 0) is 33.6 Å². The van der Waals surface area contributed by atoms with Gasteiger partial charge in [-0.3, -0.25) is 0 Å². The third-order valence-electron chi connectivity index (χ3n) is 4.75. The number of halogens is 6. The Morgan fingerprint density at radius 2 is 1.62 bits per heavy atom. The molecule has 0 radical (unpaired) electrons. The molecule has 1 unspecified atom stereocenters. The van der Waals surface area contributed by atoms with Crippen LogP contribution >= 0.6 is 0 Å². The molecule has 0 saturated carbocycles. The molecule has 0 fully saturated rings. The number of nitrogens with one attached hydrogen (secondary N) is 1. The lowest BCUT2D eigenvalue weighted by atomic mass is 10.1. The van der Waals surface area contributed by atoms with Gasteiger partial charge in [-0.25, -0.2) is 17.9 Å². The highest BCUT2D eigenvalue weighted by molar-refractivity contribution is 7.89. The number of alkyl halides is 6. The molecule has 2 aromatic carbocycles. The van der Waals surface area contributed by atoms with Crippen molar-refractivity contribution in [2.45, 2.75) is 36.1 Å². The number of ether oxygens (including phenoxy) is 1. The minimum atomic E-state index is -5.18. The van der Waals surface area contributed by atoms with Gasteiger partial charge in [0, 0.05) is 12.1 Å². The van der Waals surface area contributed by atoms with Crippen LogP contribution < -0.4 is 9.46 Å². The highest BCUT2D eigenvalue weighted by Gasteiger charge is 2.39. The molecule has 1 N–H and O–H groups in total. The van der Waals surface area contributed by atoms with E-state index in [-0.39, 0.29) is 30.4 Å². The number of carbonyl (C=O) groups is 1. The third kappa shape index (κ3) is 5.13. The van der Waals surface area contributed by atoms with E-state index in [4.69, 9.17) is 4.74 Å². The maximum Gasteiger partial charge on any atom is 0.416 e. The average molecular weight is 479 g/mol. The van der Waals surface area contributed by atoms with Crippen LogP contribution in [0.4, 0.5) is 26.3 Å². The largest absolute Gasteiger partial charge is 0.423 e. The van der Waals surface area contributed by atoms with E-state index >= 15 is 0 Å². The zero-order valence-electron chi connectivity index (χ0n) is 16.0. The van der Waals surface area contributed by atoms with Crippen molar-refractivity contribution in [3.63, 3.8) is 0 Å². The lowest BCUT2D eigenvalue weighted by Crippen LogP contribution is -2.28. The summed E-state index contributed by atoms with van der Waals surface area (Å²) < 4.78 is 111. The Kier molecular flexibility index (Phi) is 6.13. The van der Waals surface area contributed by atoms with Crippen LogP contribution in [0.2, 0.25) is 0 Å². The van der Waals surface area contributed by atoms with Crippen molar-refractivity contribution in [1.29, 1.82) is 0 Å². The van der Waals surface area contributed by atoms with Crippen LogP contribution in [0.25, 0.3) is 0 Å². The number of fused-ring (bicyclic) bond motifs is 1. The SMILES string of the molecule is C=CC(=O)Oc1ccc2c(c1)CCC2NS(=O)(=O)c1cc(C(F)(F)F)cc(C(F)(F)F)c1. The molecule has 12 heteroatoms. The van der Waals surface area contributed by atoms with E-state index in [9.17, 15) is 39.6 Å². The van der Waals surface area contributed by atoms with Crippen LogP contribution in [0, 0.1) is 0 Å². The molecular formula is C20H15F6NO4S. The molecule has 2 aromatic rings. The Hall–Kier alpha value is -2.86. The van der Waals surface area contributed by atoms with E-state index in [0.29, 0.717) is 17.5 Å². The van der Waals surface area contributed by atoms with Crippen LogP contribution in [-0.4, -0.2) is 14.4 Å². The van der Waals surface area contributed by atoms with Crippen molar-refractivity contribution in [3.8, 4) is 5.75 Å². The maximum atomic E-state index is 13.1. The second-order valence-electron chi connectivity index (χ2n) is 6.94. The first-order valence-electron chi connectivity index (χ1n) is 8.99. The number of aryl methyl sites for hydroxylation is 1. The van der Waals surface area contributed by atoms with Gasteiger partial charge >= 0.3 is 18.3 Å². The summed E-state index contributed by atoms with van der Waals surface area (Å²) >= 11 is 0. The van der Waals surface area contributed by atoms with E-state index in [1.54, 1.807) is 0 Å². The maximum absolute atomic E-state index is 13.1. The number of hydrogen-bond acceptors (Lipinski definition) is 4. The van der Waals surface area contributed by atoms with E-state index in [2.05, 4.69) is 11.3 Å². The normalized spacial score (nSPS) is 16.5. The third-order valence-corrected chi connectivity index (χ3v) is 6.20. The summed E-state index contributed by atoms with van der Waals surface area (Å²) in [6.45, 7) is 3.26. The highest BCUT2D eigenvalue weighted by atomic mass is 32.2. The van der Waals surface area contributed by atoms with Crippen LogP contribution in [0.5, 0.6) is 5.75 Å². The predicted molar refractivity (Wildman–Crippen MR) is 100 cm³/mol. The predicted octanol–water partition coefficient (Wildman–Crippen LogP) is 4.78. The fourth-order valence-electron chi connectivity index (χ4n) is 3.27. The van der Waals surface area contributed by atoms with E-state index in [0.717, 1.165) is 6.08 Å². The number of carbonyl (C=O) groups excluding carboxylic acids is 1. The summed E-state index contributed by atoms with van der Waals surface area (Å²) in [5.41, 5.74) is -2.37. The van der Waals surface area contributed by atoms with Crippen LogP contribution in [0.15, 0.2) is 53.9 Å². The second kappa shape index (κ2) is 8.24. The fraction of sp³-hybridized carbons (Fsp3) is 0.250. The Balaban J connectivity index is 1.93. The van der Waals surface area contributed by atoms with E-state index in [1.165, 1.54) is 18.2 Å². The highest BCUT2D eigenvalue weighted by Crippen LogP contribution is 2.38. The molecule has 0 aromatic heterocycles. The molecule has 1 atom stereocenters. The minimum absolute atomic E-state index is 0.143. The van der Waals surface area contributed by atoms with Crippen molar-refractivity contribution in [1.82, 2.24) is 4.72 Å². The quantitative estimate of drug-likeness (QED) is 0.290. The molecule has 0 spiro atoms. The molecule has 5 nitrogen and oxygen atoms in total. The Labute approximate surface area is 178 Å². The number of benzene rings is 2. The molecule has 32 heavy (non-hydrogen) atoms. The first-order valence-corrected chi connectivity index (χ1v) is 10.5. The fourth-order valence-corrected chi connectivity index (χ4v) is 4.59. The summed E-state index contributed by atoms with van der Waals surface area (Å²) in [6.07, 6.45) is -8.85. The Bertz CT molecular complexity index is 1140. The molecular weight excluding hydrogens is 464 g/mol. The van der Waals surface area contributed by atoms with E-state index < -0.39 is 50.4 Å². The summed E-state index contributed by atoms with van der Waals surface area (Å²) in [5, 5.41) is 0. The first-order chi connectivity index (χ1) is 14.7. The van der Waals surface area contributed by atoms with Gasteiger partial charge in [-0.2, -0.15) is 26.3 Å². The number of esters is 1. The van der Waals surface area contributed by atoms with Gasteiger partial charge in [0.2, 0.25) is 10.0 Å². The monoisotopic (exact) mass is 479 g/mol. The van der Waals surface area contributed by atoms with Crippen LogP contribution in [0.1, 0.15) is 34.7 Å². The van der Waals surface area contributed by atoms with Crippen molar-refractivity contribution < 1.29 is 44.3 Å². The zero-order chi connectivity index (χ0) is 23.9. The molecule has 0 saturated heterocycles. The Morgan fingerprint density at radius 1 is 1.03 bits per heavy atom. The van der Waals surface area contributed by atoms with Crippen molar-refractivity contribution in [2.24, 2.45) is 0 Å². The number of rotatable bonds is 5. The van der Waals surface area contributed by atoms with Gasteiger partial charge in [-0.1, -0.05) is 12.6 Å². The molecule has 172 valence electrons. The topological polar surface area (TPSA) is 72.5 Å². The molecule has 0 heterocycles. The minimum Gasteiger partial charge on any atom is -0.423 e. The first kappa shape index (κ1) is 23.8. The van der Waals surface area contributed by atoms with Crippen molar-refractivity contribution in [2.75, 3.05) is 0 Å². The number of sulfonamides is 1. The molecule has 0 aliphatic heterocycles. The average Bonchev–Trinajstić information content (AvgIpc) is 3.07. The zero-order valence-corrected chi connectivity index (χ0v) is 16.9. The summed E-state index contributed by atoms with van der Waals surface area (Å²) in [6, 6.07) is 3.64. The molecule has 1 aliphatic rings. The van der Waals surface area contributed by atoms with Crippen LogP contribution in [0.3, 0.4) is 0 Å². The summed E-state index contributed by atoms with van der Waals surface area (Å²) in [4.78, 5) is 10.1. The molecule has 0 bridgehead atoms.